The molecule has 2 aliphatic rings. The molecule has 0 aromatic carbocycles. The summed E-state index contributed by atoms with van der Waals surface area (Å²) in [7, 11) is 0. The Balaban J connectivity index is 1.89. The zero-order valence-electron chi connectivity index (χ0n) is 9.47. The lowest BCUT2D eigenvalue weighted by Crippen LogP contribution is -2.47. The topological polar surface area (TPSA) is 32.3 Å². The van der Waals surface area contributed by atoms with Gasteiger partial charge in [-0.3, -0.25) is 0 Å². The second-order valence-corrected chi connectivity index (χ2v) is 6.10. The first-order chi connectivity index (χ1) is 6.55. The van der Waals surface area contributed by atoms with Crippen LogP contribution in [0.25, 0.3) is 0 Å². The predicted octanol–water partition coefficient (Wildman–Crippen LogP) is 1.93. The van der Waals surface area contributed by atoms with Crippen molar-refractivity contribution in [2.24, 2.45) is 11.3 Å². The van der Waals surface area contributed by atoms with Gasteiger partial charge in [0, 0.05) is 5.54 Å². The quantitative estimate of drug-likeness (QED) is 0.722. The molecule has 2 aliphatic carbocycles. The number of aliphatic hydroxyl groups is 1. The van der Waals surface area contributed by atoms with Crippen molar-refractivity contribution in [1.82, 2.24) is 5.32 Å². The molecule has 1 atom stereocenters. The Kier molecular flexibility index (Phi) is 2.61. The summed E-state index contributed by atoms with van der Waals surface area (Å²) in [4.78, 5) is 0. The Hall–Kier alpha value is -0.0800. The normalized spacial score (nSPS) is 36.2. The largest absolute Gasteiger partial charge is 0.394 e. The van der Waals surface area contributed by atoms with Crippen LogP contribution < -0.4 is 5.32 Å². The lowest BCUT2D eigenvalue weighted by Gasteiger charge is -2.30. The fourth-order valence-corrected chi connectivity index (χ4v) is 2.70. The van der Waals surface area contributed by atoms with Gasteiger partial charge in [0.15, 0.2) is 0 Å². The van der Waals surface area contributed by atoms with Crippen LogP contribution >= 0.6 is 0 Å². The molecule has 2 rings (SSSR count). The van der Waals surface area contributed by atoms with Crippen LogP contribution in [0.1, 0.15) is 46.0 Å². The highest BCUT2D eigenvalue weighted by atomic mass is 16.3. The summed E-state index contributed by atoms with van der Waals surface area (Å²) in [5.41, 5.74) is 0.464. The first kappa shape index (κ1) is 10.4. The van der Waals surface area contributed by atoms with E-state index < -0.39 is 0 Å². The molecular formula is C12H23NO. The number of hydrogen-bond donors (Lipinski definition) is 2. The third kappa shape index (κ3) is 2.29. The summed E-state index contributed by atoms with van der Waals surface area (Å²) in [5.74, 6) is 0.905. The van der Waals surface area contributed by atoms with Crippen LogP contribution in [0.4, 0.5) is 0 Å². The van der Waals surface area contributed by atoms with Crippen LogP contribution in [-0.4, -0.2) is 23.8 Å². The van der Waals surface area contributed by atoms with Gasteiger partial charge in [-0.15, -0.1) is 0 Å². The maximum atomic E-state index is 9.52. The Morgan fingerprint density at radius 2 is 2.00 bits per heavy atom. The standard InChI is InChI=1S/C12H23NO/c1-11(2)5-6-12(8-11,9-14)13-7-10-3-4-10/h10,13-14H,3-9H2,1-2H3. The summed E-state index contributed by atoms with van der Waals surface area (Å²) in [6, 6.07) is 0. The van der Waals surface area contributed by atoms with Crippen LogP contribution in [0.5, 0.6) is 0 Å². The fourth-order valence-electron chi connectivity index (χ4n) is 2.70. The van der Waals surface area contributed by atoms with Crippen molar-refractivity contribution in [2.75, 3.05) is 13.2 Å². The maximum absolute atomic E-state index is 9.52. The molecule has 0 aromatic rings. The van der Waals surface area contributed by atoms with Gasteiger partial charge in [-0.1, -0.05) is 13.8 Å². The molecule has 14 heavy (non-hydrogen) atoms. The lowest BCUT2D eigenvalue weighted by atomic mass is 9.88. The Bertz CT molecular complexity index is 210. The molecule has 0 bridgehead atoms. The fraction of sp³-hybridized carbons (Fsp3) is 1.00. The van der Waals surface area contributed by atoms with Crippen molar-refractivity contribution in [3.63, 3.8) is 0 Å². The molecule has 1 unspecified atom stereocenters. The van der Waals surface area contributed by atoms with Gasteiger partial charge < -0.3 is 10.4 Å². The molecule has 2 N–H and O–H groups in total. The van der Waals surface area contributed by atoms with Crippen LogP contribution in [0, 0.1) is 11.3 Å². The van der Waals surface area contributed by atoms with E-state index in [-0.39, 0.29) is 5.54 Å². The van der Waals surface area contributed by atoms with E-state index >= 15 is 0 Å². The smallest absolute Gasteiger partial charge is 0.0613 e. The predicted molar refractivity (Wildman–Crippen MR) is 58.2 cm³/mol. The summed E-state index contributed by atoms with van der Waals surface area (Å²) < 4.78 is 0. The van der Waals surface area contributed by atoms with E-state index in [1.807, 2.05) is 0 Å². The molecule has 2 heteroatoms. The highest BCUT2D eigenvalue weighted by Gasteiger charge is 2.43. The van der Waals surface area contributed by atoms with E-state index in [1.54, 1.807) is 0 Å². The van der Waals surface area contributed by atoms with Crippen molar-refractivity contribution in [3.8, 4) is 0 Å². The minimum Gasteiger partial charge on any atom is -0.394 e. The van der Waals surface area contributed by atoms with E-state index in [0.717, 1.165) is 25.3 Å². The van der Waals surface area contributed by atoms with Crippen molar-refractivity contribution in [1.29, 1.82) is 0 Å². The van der Waals surface area contributed by atoms with Crippen molar-refractivity contribution in [3.05, 3.63) is 0 Å². The van der Waals surface area contributed by atoms with E-state index in [9.17, 15) is 5.11 Å². The third-order valence-electron chi connectivity index (χ3n) is 3.86. The minimum atomic E-state index is 0.0477. The Morgan fingerprint density at radius 1 is 1.29 bits per heavy atom. The average molecular weight is 197 g/mol. The molecule has 2 nitrogen and oxygen atoms in total. The number of nitrogens with one attached hydrogen (secondary N) is 1. The molecule has 82 valence electrons. The van der Waals surface area contributed by atoms with Gasteiger partial charge in [-0.05, 0) is 50.0 Å². The average Bonchev–Trinajstić information content (AvgIpc) is 2.89. The second-order valence-electron chi connectivity index (χ2n) is 6.10. The first-order valence-corrected chi connectivity index (χ1v) is 5.91. The maximum Gasteiger partial charge on any atom is 0.0613 e. The molecule has 0 saturated heterocycles. The number of hydrogen-bond acceptors (Lipinski definition) is 2. The van der Waals surface area contributed by atoms with Crippen molar-refractivity contribution < 1.29 is 5.11 Å². The van der Waals surface area contributed by atoms with Gasteiger partial charge in [0.25, 0.3) is 0 Å². The van der Waals surface area contributed by atoms with Gasteiger partial charge in [0.1, 0.15) is 0 Å². The molecule has 0 aromatic heterocycles. The first-order valence-electron chi connectivity index (χ1n) is 5.91. The summed E-state index contributed by atoms with van der Waals surface area (Å²) in [5, 5.41) is 13.1. The molecule has 2 saturated carbocycles. The SMILES string of the molecule is CC1(C)CCC(CO)(NCC2CC2)C1. The second kappa shape index (κ2) is 3.49. The molecule has 0 amide bonds. The highest BCUT2D eigenvalue weighted by Crippen LogP contribution is 2.43. The third-order valence-corrected chi connectivity index (χ3v) is 3.86. The van der Waals surface area contributed by atoms with Crippen molar-refractivity contribution >= 4 is 0 Å². The van der Waals surface area contributed by atoms with E-state index in [1.165, 1.54) is 19.3 Å². The highest BCUT2D eigenvalue weighted by molar-refractivity contribution is 5.00. The minimum absolute atomic E-state index is 0.0477. The molecule has 0 aliphatic heterocycles. The summed E-state index contributed by atoms with van der Waals surface area (Å²) >= 11 is 0. The summed E-state index contributed by atoms with van der Waals surface area (Å²) in [6.45, 7) is 6.05. The molecule has 0 spiro atoms. The van der Waals surface area contributed by atoms with Crippen molar-refractivity contribution in [2.45, 2.75) is 51.5 Å². The van der Waals surface area contributed by atoms with E-state index in [4.69, 9.17) is 0 Å². The van der Waals surface area contributed by atoms with Gasteiger partial charge in [-0.2, -0.15) is 0 Å². The monoisotopic (exact) mass is 197 g/mol. The van der Waals surface area contributed by atoms with Crippen LogP contribution in [0.15, 0.2) is 0 Å². The van der Waals surface area contributed by atoms with Crippen LogP contribution in [-0.2, 0) is 0 Å². The summed E-state index contributed by atoms with van der Waals surface area (Å²) in [6.07, 6.45) is 6.29. The van der Waals surface area contributed by atoms with Gasteiger partial charge in [0.2, 0.25) is 0 Å². The Morgan fingerprint density at radius 3 is 2.43 bits per heavy atom. The zero-order valence-corrected chi connectivity index (χ0v) is 9.47. The van der Waals surface area contributed by atoms with E-state index in [0.29, 0.717) is 12.0 Å². The molecular weight excluding hydrogens is 174 g/mol. The van der Waals surface area contributed by atoms with Gasteiger partial charge >= 0.3 is 0 Å². The van der Waals surface area contributed by atoms with Gasteiger partial charge in [-0.25, -0.2) is 0 Å². The molecule has 2 fully saturated rings. The van der Waals surface area contributed by atoms with E-state index in [2.05, 4.69) is 19.2 Å². The Labute approximate surface area is 87.1 Å². The lowest BCUT2D eigenvalue weighted by molar-refractivity contribution is 0.151. The van der Waals surface area contributed by atoms with Crippen LogP contribution in [0.2, 0.25) is 0 Å². The molecule has 0 radical (unpaired) electrons. The van der Waals surface area contributed by atoms with Gasteiger partial charge in [0.05, 0.1) is 6.61 Å². The zero-order chi connectivity index (χ0) is 10.2. The number of aliphatic hydroxyl groups excluding tert-OH is 1. The van der Waals surface area contributed by atoms with Crippen LogP contribution in [0.3, 0.4) is 0 Å². The number of rotatable bonds is 4. The molecule has 0 heterocycles.